The largest absolute Gasteiger partial charge is 0.481 e. The molecule has 1 unspecified atom stereocenters. The molecular formula is C18H19N3O2. The minimum Gasteiger partial charge on any atom is -0.481 e. The van der Waals surface area contributed by atoms with Crippen LogP contribution in [0.2, 0.25) is 0 Å². The van der Waals surface area contributed by atoms with Crippen molar-refractivity contribution < 1.29 is 9.90 Å². The Bertz CT molecular complexity index is 837. The third-order valence-corrected chi connectivity index (χ3v) is 3.92. The molecular weight excluding hydrogens is 290 g/mol. The van der Waals surface area contributed by atoms with Crippen LogP contribution in [-0.4, -0.2) is 20.6 Å². The molecule has 0 spiro atoms. The number of anilines is 1. The van der Waals surface area contributed by atoms with Crippen molar-refractivity contribution in [2.24, 2.45) is 0 Å². The first kappa shape index (κ1) is 15.1. The van der Waals surface area contributed by atoms with Crippen molar-refractivity contribution in [2.45, 2.75) is 25.8 Å². The summed E-state index contributed by atoms with van der Waals surface area (Å²) in [5.74, 6) is 0.0541. The number of benzene rings is 2. The van der Waals surface area contributed by atoms with Crippen LogP contribution in [0.1, 0.15) is 30.8 Å². The zero-order valence-electron chi connectivity index (χ0n) is 12.9. The third kappa shape index (κ3) is 3.18. The molecule has 0 radical (unpaired) electrons. The molecule has 5 nitrogen and oxygen atoms in total. The summed E-state index contributed by atoms with van der Waals surface area (Å²) in [5.41, 5.74) is 9.40. The smallest absolute Gasteiger partial charge is 0.305 e. The van der Waals surface area contributed by atoms with Crippen LogP contribution in [0.4, 0.5) is 5.69 Å². The summed E-state index contributed by atoms with van der Waals surface area (Å²) in [5, 5.41) is 9.12. The van der Waals surface area contributed by atoms with Crippen LogP contribution in [0.3, 0.4) is 0 Å². The molecule has 1 heterocycles. The van der Waals surface area contributed by atoms with Crippen LogP contribution in [0.25, 0.3) is 11.0 Å². The van der Waals surface area contributed by atoms with Gasteiger partial charge in [0.2, 0.25) is 0 Å². The van der Waals surface area contributed by atoms with Gasteiger partial charge in [0, 0.05) is 18.2 Å². The third-order valence-electron chi connectivity index (χ3n) is 3.92. The fourth-order valence-electron chi connectivity index (χ4n) is 2.87. The molecule has 0 saturated heterocycles. The summed E-state index contributed by atoms with van der Waals surface area (Å²) < 4.78 is 2.03. The molecule has 23 heavy (non-hydrogen) atoms. The Morgan fingerprint density at radius 1 is 1.22 bits per heavy atom. The summed E-state index contributed by atoms with van der Waals surface area (Å²) in [6.45, 7) is 1.91. The number of hydrogen-bond donors (Lipinski definition) is 2. The maximum absolute atomic E-state index is 11.1. The first-order valence-corrected chi connectivity index (χ1v) is 7.56. The van der Waals surface area contributed by atoms with E-state index in [1.165, 1.54) is 0 Å². The molecule has 0 amide bonds. The van der Waals surface area contributed by atoms with Crippen LogP contribution in [0.15, 0.2) is 48.5 Å². The number of carboxylic acids is 1. The summed E-state index contributed by atoms with van der Waals surface area (Å²) in [4.78, 5) is 15.8. The van der Waals surface area contributed by atoms with Gasteiger partial charge in [-0.3, -0.25) is 4.79 Å². The highest BCUT2D eigenvalue weighted by atomic mass is 16.4. The van der Waals surface area contributed by atoms with Crippen molar-refractivity contribution >= 4 is 22.7 Å². The van der Waals surface area contributed by atoms with Gasteiger partial charge in [0.1, 0.15) is 5.82 Å². The van der Waals surface area contributed by atoms with Crippen molar-refractivity contribution in [3.63, 3.8) is 0 Å². The Morgan fingerprint density at radius 2 is 1.91 bits per heavy atom. The van der Waals surface area contributed by atoms with Gasteiger partial charge in [-0.1, -0.05) is 24.3 Å². The second-order valence-corrected chi connectivity index (χ2v) is 5.75. The highest BCUT2D eigenvalue weighted by Crippen LogP contribution is 2.25. The average molecular weight is 309 g/mol. The minimum absolute atomic E-state index is 0.0646. The van der Waals surface area contributed by atoms with E-state index in [1.807, 2.05) is 60.0 Å². The molecule has 118 valence electrons. The number of imidazole rings is 1. The highest BCUT2D eigenvalue weighted by molar-refractivity contribution is 5.76. The van der Waals surface area contributed by atoms with E-state index < -0.39 is 5.97 Å². The number of para-hydroxylation sites is 2. The second-order valence-electron chi connectivity index (χ2n) is 5.75. The maximum atomic E-state index is 11.1. The number of hydrogen-bond acceptors (Lipinski definition) is 3. The highest BCUT2D eigenvalue weighted by Gasteiger charge is 2.18. The Balaban J connectivity index is 2.04. The van der Waals surface area contributed by atoms with Gasteiger partial charge in [-0.15, -0.1) is 0 Å². The topological polar surface area (TPSA) is 81.1 Å². The lowest BCUT2D eigenvalue weighted by Crippen LogP contribution is -2.13. The van der Waals surface area contributed by atoms with E-state index >= 15 is 0 Å². The Morgan fingerprint density at radius 3 is 2.61 bits per heavy atom. The number of nitrogens with two attached hydrogens (primary N) is 1. The lowest BCUT2D eigenvalue weighted by molar-refractivity contribution is -0.137. The zero-order valence-corrected chi connectivity index (χ0v) is 12.9. The van der Waals surface area contributed by atoms with Gasteiger partial charge in [0.15, 0.2) is 0 Å². The molecule has 3 N–H and O–H groups in total. The lowest BCUT2D eigenvalue weighted by atomic mass is 10.1. The molecule has 0 aliphatic carbocycles. The minimum atomic E-state index is -0.811. The van der Waals surface area contributed by atoms with Gasteiger partial charge >= 0.3 is 5.97 Å². The standard InChI is InChI=1S/C18H19N3O2/c1-12(10-18(22)23)21-16-5-3-2-4-15(16)20-17(21)11-13-6-8-14(19)9-7-13/h2-9,12H,10-11,19H2,1H3,(H,22,23). The van der Waals surface area contributed by atoms with Gasteiger partial charge in [-0.2, -0.15) is 0 Å². The van der Waals surface area contributed by atoms with Gasteiger partial charge in [-0.05, 0) is 36.8 Å². The number of carboxylic acid groups (broad SMARTS) is 1. The Labute approximate surface area is 134 Å². The number of fused-ring (bicyclic) bond motifs is 1. The van der Waals surface area contributed by atoms with Crippen molar-refractivity contribution in [1.29, 1.82) is 0 Å². The molecule has 2 aromatic carbocycles. The molecule has 0 saturated carbocycles. The number of nitrogens with zero attached hydrogens (tertiary/aromatic N) is 2. The second kappa shape index (κ2) is 6.12. The molecule has 5 heteroatoms. The predicted octanol–water partition coefficient (Wildman–Crippen LogP) is 3.25. The maximum Gasteiger partial charge on any atom is 0.305 e. The number of aliphatic carboxylic acids is 1. The van der Waals surface area contributed by atoms with Crippen molar-refractivity contribution in [3.05, 3.63) is 59.9 Å². The summed E-state index contributed by atoms with van der Waals surface area (Å²) in [6.07, 6.45) is 0.702. The van der Waals surface area contributed by atoms with Gasteiger partial charge in [0.05, 0.1) is 17.5 Å². The van der Waals surface area contributed by atoms with E-state index in [0.29, 0.717) is 6.42 Å². The Kier molecular flexibility index (Phi) is 4.02. The van der Waals surface area contributed by atoms with Gasteiger partial charge < -0.3 is 15.4 Å². The van der Waals surface area contributed by atoms with Crippen molar-refractivity contribution in [3.8, 4) is 0 Å². The van der Waals surface area contributed by atoms with Gasteiger partial charge in [-0.25, -0.2) is 4.98 Å². The van der Waals surface area contributed by atoms with E-state index in [2.05, 4.69) is 0 Å². The molecule has 1 atom stereocenters. The summed E-state index contributed by atoms with van der Waals surface area (Å²) >= 11 is 0. The average Bonchev–Trinajstić information content (AvgIpc) is 2.86. The fraction of sp³-hybridized carbons (Fsp3) is 0.222. The van der Waals surface area contributed by atoms with Crippen LogP contribution in [0.5, 0.6) is 0 Å². The molecule has 3 aromatic rings. The molecule has 3 rings (SSSR count). The summed E-state index contributed by atoms with van der Waals surface area (Å²) in [7, 11) is 0. The fourth-order valence-corrected chi connectivity index (χ4v) is 2.87. The molecule has 0 aliphatic rings. The first-order valence-electron chi connectivity index (χ1n) is 7.56. The van der Waals surface area contributed by atoms with Crippen LogP contribution >= 0.6 is 0 Å². The zero-order chi connectivity index (χ0) is 16.4. The van der Waals surface area contributed by atoms with E-state index in [4.69, 9.17) is 15.8 Å². The predicted molar refractivity (Wildman–Crippen MR) is 90.4 cm³/mol. The molecule has 0 aliphatic heterocycles. The Hall–Kier alpha value is -2.82. The van der Waals surface area contributed by atoms with Crippen LogP contribution < -0.4 is 5.73 Å². The lowest BCUT2D eigenvalue weighted by Gasteiger charge is -2.16. The normalized spacial score (nSPS) is 12.4. The molecule has 1 aromatic heterocycles. The monoisotopic (exact) mass is 309 g/mol. The van der Waals surface area contributed by atoms with Crippen LogP contribution in [-0.2, 0) is 11.2 Å². The molecule has 0 fully saturated rings. The van der Waals surface area contributed by atoms with Crippen LogP contribution in [0, 0.1) is 0 Å². The SMILES string of the molecule is CC(CC(=O)O)n1c(Cc2ccc(N)cc2)nc2ccccc21. The number of nitrogen functional groups attached to an aromatic ring is 1. The summed E-state index contributed by atoms with van der Waals surface area (Å²) in [6, 6.07) is 15.3. The number of aromatic nitrogens is 2. The van der Waals surface area contributed by atoms with Gasteiger partial charge in [0.25, 0.3) is 0 Å². The van der Waals surface area contributed by atoms with Crippen molar-refractivity contribution in [2.75, 3.05) is 5.73 Å². The first-order chi connectivity index (χ1) is 11.0. The van der Waals surface area contributed by atoms with E-state index in [-0.39, 0.29) is 12.5 Å². The number of carbonyl (C=O) groups is 1. The van der Waals surface area contributed by atoms with E-state index in [0.717, 1.165) is 28.1 Å². The van der Waals surface area contributed by atoms with Crippen molar-refractivity contribution in [1.82, 2.24) is 9.55 Å². The van der Waals surface area contributed by atoms with E-state index in [1.54, 1.807) is 0 Å². The van der Waals surface area contributed by atoms with E-state index in [9.17, 15) is 4.79 Å². The molecule has 0 bridgehead atoms. The quantitative estimate of drug-likeness (QED) is 0.709. The number of rotatable bonds is 5.